The molecule has 2 atom stereocenters. The Morgan fingerprint density at radius 1 is 1.26 bits per heavy atom. The van der Waals surface area contributed by atoms with E-state index in [1.54, 1.807) is 0 Å². The van der Waals surface area contributed by atoms with Crippen LogP contribution >= 0.6 is 11.6 Å². The summed E-state index contributed by atoms with van der Waals surface area (Å²) in [6, 6.07) is 5.98. The van der Waals surface area contributed by atoms with Gasteiger partial charge < -0.3 is 9.45 Å². The van der Waals surface area contributed by atoms with E-state index in [2.05, 4.69) is 30.5 Å². The molecule has 1 saturated heterocycles. The zero-order valence-corrected chi connectivity index (χ0v) is 17.6. The molecule has 1 fully saturated rings. The van der Waals surface area contributed by atoms with E-state index in [1.165, 1.54) is 0 Å². The Bertz CT molecular complexity index is 795. The van der Waals surface area contributed by atoms with Crippen molar-refractivity contribution >= 4 is 28.7 Å². The minimum absolute atomic E-state index is 0.0425. The molecule has 6 nitrogen and oxygen atoms in total. The largest absolute Gasteiger partial charge is 0.598 e. The highest BCUT2D eigenvalue weighted by Crippen LogP contribution is 2.50. The third kappa shape index (κ3) is 3.58. The average molecular weight is 408 g/mol. The molecule has 2 aromatic rings. The number of hydrogen-bond donors (Lipinski definition) is 1. The van der Waals surface area contributed by atoms with Gasteiger partial charge in [0, 0.05) is 42.6 Å². The van der Waals surface area contributed by atoms with Crippen LogP contribution in [0.3, 0.4) is 0 Å². The fraction of sp³-hybridized carbons (Fsp3) is 0.579. The minimum atomic E-state index is -1.12. The molecule has 0 aromatic carbocycles. The van der Waals surface area contributed by atoms with Gasteiger partial charge in [-0.15, -0.1) is 4.72 Å². The average Bonchev–Trinajstić information content (AvgIpc) is 3.17. The lowest BCUT2D eigenvalue weighted by atomic mass is 9.73. The molecular formula is C19H26ClN5OS. The second-order valence-electron chi connectivity index (χ2n) is 8.53. The van der Waals surface area contributed by atoms with Crippen LogP contribution in [-0.4, -0.2) is 37.2 Å². The van der Waals surface area contributed by atoms with Crippen molar-refractivity contribution in [2.24, 2.45) is 5.41 Å². The lowest BCUT2D eigenvalue weighted by Gasteiger charge is -2.43. The van der Waals surface area contributed by atoms with E-state index >= 15 is 0 Å². The molecule has 2 aliphatic rings. The van der Waals surface area contributed by atoms with E-state index in [0.29, 0.717) is 5.15 Å². The van der Waals surface area contributed by atoms with Crippen LogP contribution in [0.5, 0.6) is 0 Å². The van der Waals surface area contributed by atoms with Gasteiger partial charge in [-0.1, -0.05) is 11.6 Å². The SMILES string of the molecule is CC(C)(C)[S+]([O-])N[C@@H]1c2ccnn2CC12CCN(c1ccc(Cl)nc1)CC2. The molecule has 1 N–H and O–H groups in total. The molecule has 0 saturated carbocycles. The predicted octanol–water partition coefficient (Wildman–Crippen LogP) is 3.32. The summed E-state index contributed by atoms with van der Waals surface area (Å²) >= 11 is 4.79. The van der Waals surface area contributed by atoms with Gasteiger partial charge >= 0.3 is 0 Å². The normalized spacial score (nSPS) is 22.9. The van der Waals surface area contributed by atoms with Crippen molar-refractivity contribution in [2.45, 2.75) is 50.9 Å². The highest BCUT2D eigenvalue weighted by atomic mass is 35.5. The summed E-state index contributed by atoms with van der Waals surface area (Å²) in [4.78, 5) is 6.56. The fourth-order valence-corrected chi connectivity index (χ4v) is 5.15. The van der Waals surface area contributed by atoms with Crippen molar-refractivity contribution in [3.8, 4) is 0 Å². The van der Waals surface area contributed by atoms with Gasteiger partial charge in [-0.2, -0.15) is 5.10 Å². The summed E-state index contributed by atoms with van der Waals surface area (Å²) in [6.45, 7) is 8.77. The number of pyridine rings is 1. The van der Waals surface area contributed by atoms with Crippen LogP contribution < -0.4 is 9.62 Å². The van der Waals surface area contributed by atoms with Crippen LogP contribution in [0.1, 0.15) is 45.3 Å². The Hall–Kier alpha value is -1.28. The topological polar surface area (TPSA) is 69.0 Å². The monoisotopic (exact) mass is 407 g/mol. The second kappa shape index (κ2) is 6.95. The van der Waals surface area contributed by atoms with Crippen molar-refractivity contribution in [2.75, 3.05) is 18.0 Å². The molecular weight excluding hydrogens is 382 g/mol. The van der Waals surface area contributed by atoms with E-state index in [4.69, 9.17) is 11.6 Å². The number of rotatable bonds is 3. The second-order valence-corrected chi connectivity index (χ2v) is 10.9. The van der Waals surface area contributed by atoms with Gasteiger partial charge in [-0.3, -0.25) is 4.68 Å². The first-order valence-electron chi connectivity index (χ1n) is 9.35. The maximum atomic E-state index is 12.8. The van der Waals surface area contributed by atoms with Gasteiger partial charge in [0.05, 0.1) is 17.6 Å². The fourth-order valence-electron chi connectivity index (χ4n) is 4.10. The Morgan fingerprint density at radius 2 is 2.00 bits per heavy atom. The Labute approximate surface area is 168 Å². The van der Waals surface area contributed by atoms with E-state index in [9.17, 15) is 4.55 Å². The summed E-state index contributed by atoms with van der Waals surface area (Å²) < 4.78 is 18.1. The van der Waals surface area contributed by atoms with Gasteiger partial charge in [0.2, 0.25) is 0 Å². The number of fused-ring (bicyclic) bond motifs is 1. The van der Waals surface area contributed by atoms with Crippen LogP contribution in [0.25, 0.3) is 0 Å². The van der Waals surface area contributed by atoms with Crippen molar-refractivity contribution < 1.29 is 4.55 Å². The van der Waals surface area contributed by atoms with E-state index < -0.39 is 11.4 Å². The van der Waals surface area contributed by atoms with E-state index in [1.807, 2.05) is 45.3 Å². The van der Waals surface area contributed by atoms with Gasteiger partial charge in [0.25, 0.3) is 0 Å². The standard InChI is InChI=1S/C19H26ClN5OS/c1-18(2,3)27(26)23-17-15-6-9-22-25(15)13-19(17)7-10-24(11-8-19)14-4-5-16(20)21-12-14/h4-6,9,12,17,23H,7-8,10-11,13H2,1-3H3/t17-,27?/m1/s1. The van der Waals surface area contributed by atoms with Crippen LogP contribution in [0, 0.1) is 5.41 Å². The quantitative estimate of drug-likeness (QED) is 0.624. The zero-order valence-electron chi connectivity index (χ0n) is 16.0. The molecule has 146 valence electrons. The Morgan fingerprint density at radius 3 is 2.63 bits per heavy atom. The minimum Gasteiger partial charge on any atom is -0.598 e. The molecule has 1 spiro atoms. The highest BCUT2D eigenvalue weighted by Gasteiger charge is 2.51. The Balaban J connectivity index is 1.53. The number of hydrogen-bond acceptors (Lipinski definition) is 5. The summed E-state index contributed by atoms with van der Waals surface area (Å²) in [6.07, 6.45) is 5.70. The van der Waals surface area contributed by atoms with Crippen molar-refractivity contribution in [3.63, 3.8) is 0 Å². The smallest absolute Gasteiger partial charge is 0.136 e. The number of aromatic nitrogens is 3. The van der Waals surface area contributed by atoms with Gasteiger partial charge in [-0.05, 0) is 51.8 Å². The van der Waals surface area contributed by atoms with Gasteiger partial charge in [0.15, 0.2) is 0 Å². The molecule has 8 heteroatoms. The molecule has 0 amide bonds. The number of piperidine rings is 1. The summed E-state index contributed by atoms with van der Waals surface area (Å²) in [5.74, 6) is 0. The summed E-state index contributed by atoms with van der Waals surface area (Å²) in [5, 5.41) is 5.01. The van der Waals surface area contributed by atoms with Crippen molar-refractivity contribution in [1.29, 1.82) is 0 Å². The van der Waals surface area contributed by atoms with Crippen LogP contribution in [0.15, 0.2) is 30.6 Å². The van der Waals surface area contributed by atoms with Crippen LogP contribution in [0.2, 0.25) is 5.15 Å². The molecule has 27 heavy (non-hydrogen) atoms. The molecule has 1 unspecified atom stereocenters. The summed E-state index contributed by atoms with van der Waals surface area (Å²) in [5.41, 5.74) is 2.29. The molecule has 0 radical (unpaired) electrons. The van der Waals surface area contributed by atoms with Gasteiger partial charge in [0.1, 0.15) is 15.9 Å². The lowest BCUT2D eigenvalue weighted by Crippen LogP contribution is -2.49. The molecule has 2 aromatic heterocycles. The maximum Gasteiger partial charge on any atom is 0.136 e. The maximum absolute atomic E-state index is 12.8. The van der Waals surface area contributed by atoms with E-state index in [0.717, 1.165) is 43.9 Å². The number of nitrogens with one attached hydrogen (secondary N) is 1. The first-order chi connectivity index (χ1) is 12.8. The molecule has 0 bridgehead atoms. The third-order valence-corrected chi connectivity index (χ3v) is 7.53. The summed E-state index contributed by atoms with van der Waals surface area (Å²) in [7, 11) is 0. The molecule has 0 aliphatic carbocycles. The molecule has 4 heterocycles. The van der Waals surface area contributed by atoms with E-state index in [-0.39, 0.29) is 16.2 Å². The Kier molecular flexibility index (Phi) is 4.91. The van der Waals surface area contributed by atoms with Gasteiger partial charge in [-0.25, -0.2) is 4.98 Å². The first-order valence-corrected chi connectivity index (χ1v) is 10.9. The predicted molar refractivity (Wildman–Crippen MR) is 109 cm³/mol. The number of nitrogens with zero attached hydrogens (tertiary/aromatic N) is 4. The lowest BCUT2D eigenvalue weighted by molar-refractivity contribution is 0.161. The highest BCUT2D eigenvalue weighted by molar-refractivity contribution is 7.90. The molecule has 4 rings (SSSR count). The zero-order chi connectivity index (χ0) is 19.2. The first kappa shape index (κ1) is 19.1. The van der Waals surface area contributed by atoms with Crippen molar-refractivity contribution in [1.82, 2.24) is 19.5 Å². The van der Waals surface area contributed by atoms with Crippen LogP contribution in [-0.2, 0) is 17.9 Å². The number of halogens is 1. The number of anilines is 1. The third-order valence-electron chi connectivity index (χ3n) is 5.74. The van der Waals surface area contributed by atoms with Crippen molar-refractivity contribution in [3.05, 3.63) is 41.4 Å². The van der Waals surface area contributed by atoms with Crippen LogP contribution in [0.4, 0.5) is 5.69 Å². The molecule has 2 aliphatic heterocycles.